The molecular weight excluding hydrogens is 264 g/mol. The van der Waals surface area contributed by atoms with Crippen molar-refractivity contribution in [3.63, 3.8) is 0 Å². The average molecular weight is 282 g/mol. The molecule has 0 spiro atoms. The molecule has 1 fully saturated rings. The molecule has 1 aliphatic carbocycles. The quantitative estimate of drug-likeness (QED) is 0.860. The molecule has 0 saturated heterocycles. The van der Waals surface area contributed by atoms with Gasteiger partial charge in [0.2, 0.25) is 5.91 Å². The van der Waals surface area contributed by atoms with E-state index in [1.165, 1.54) is 0 Å². The van der Waals surface area contributed by atoms with Crippen molar-refractivity contribution in [3.05, 3.63) is 16.1 Å². The molecule has 1 heterocycles. The number of carbonyl (C=O) groups excluding carboxylic acids is 1. The first kappa shape index (κ1) is 14.0. The zero-order chi connectivity index (χ0) is 13.8. The van der Waals surface area contributed by atoms with Gasteiger partial charge in [-0.2, -0.15) is 0 Å². The number of rotatable bonds is 5. The molecule has 1 aromatic heterocycles. The molecule has 0 aromatic carbocycles. The highest BCUT2D eigenvalue weighted by molar-refractivity contribution is 7.09. The maximum Gasteiger partial charge on any atom is 0.306 e. The summed E-state index contributed by atoms with van der Waals surface area (Å²) in [7, 11) is 0. The van der Waals surface area contributed by atoms with E-state index in [1.807, 2.05) is 12.3 Å². The molecule has 0 aliphatic heterocycles. The molecule has 2 N–H and O–H groups in total. The Balaban J connectivity index is 1.80. The largest absolute Gasteiger partial charge is 0.481 e. The lowest BCUT2D eigenvalue weighted by molar-refractivity contribution is -0.141. The SMILES string of the molecule is CCc1nc(CC(=O)N[C@H]2CC[C@H](C(=O)O)C2)cs1. The summed E-state index contributed by atoms with van der Waals surface area (Å²) in [5, 5.41) is 14.8. The third kappa shape index (κ3) is 3.76. The normalized spacial score (nSPS) is 22.4. The van der Waals surface area contributed by atoms with Crippen LogP contribution >= 0.6 is 11.3 Å². The van der Waals surface area contributed by atoms with Gasteiger partial charge in [-0.15, -0.1) is 11.3 Å². The number of aryl methyl sites for hydroxylation is 1. The Morgan fingerprint density at radius 2 is 2.32 bits per heavy atom. The van der Waals surface area contributed by atoms with E-state index in [2.05, 4.69) is 10.3 Å². The molecule has 1 aromatic rings. The number of carboxylic acids is 1. The second-order valence-corrected chi connectivity index (χ2v) is 5.82. The zero-order valence-electron chi connectivity index (χ0n) is 10.9. The maximum absolute atomic E-state index is 11.8. The molecule has 1 saturated carbocycles. The number of hydrogen-bond donors (Lipinski definition) is 2. The van der Waals surface area contributed by atoms with Crippen LogP contribution in [0.4, 0.5) is 0 Å². The van der Waals surface area contributed by atoms with Gasteiger partial charge in [-0.1, -0.05) is 6.92 Å². The first-order chi connectivity index (χ1) is 9.08. The third-order valence-corrected chi connectivity index (χ3v) is 4.43. The van der Waals surface area contributed by atoms with Gasteiger partial charge in [0, 0.05) is 11.4 Å². The number of amides is 1. The van der Waals surface area contributed by atoms with Crippen LogP contribution in [0.15, 0.2) is 5.38 Å². The van der Waals surface area contributed by atoms with Gasteiger partial charge in [-0.25, -0.2) is 4.98 Å². The number of thiazole rings is 1. The Bertz CT molecular complexity index is 472. The van der Waals surface area contributed by atoms with Crippen LogP contribution in [0, 0.1) is 5.92 Å². The van der Waals surface area contributed by atoms with Gasteiger partial charge in [-0.3, -0.25) is 9.59 Å². The van der Waals surface area contributed by atoms with Crippen molar-refractivity contribution in [3.8, 4) is 0 Å². The zero-order valence-corrected chi connectivity index (χ0v) is 11.7. The fourth-order valence-electron chi connectivity index (χ4n) is 2.37. The summed E-state index contributed by atoms with van der Waals surface area (Å²) in [6.45, 7) is 2.03. The molecule has 0 unspecified atom stereocenters. The maximum atomic E-state index is 11.8. The minimum atomic E-state index is -0.760. The number of nitrogens with one attached hydrogen (secondary N) is 1. The van der Waals surface area contributed by atoms with Crippen molar-refractivity contribution in [2.24, 2.45) is 5.92 Å². The van der Waals surface area contributed by atoms with E-state index in [9.17, 15) is 9.59 Å². The number of nitrogens with zero attached hydrogens (tertiary/aromatic N) is 1. The highest BCUT2D eigenvalue weighted by atomic mass is 32.1. The van der Waals surface area contributed by atoms with E-state index in [0.29, 0.717) is 12.8 Å². The summed E-state index contributed by atoms with van der Waals surface area (Å²) in [6.07, 6.45) is 3.11. The highest BCUT2D eigenvalue weighted by Gasteiger charge is 2.30. The first-order valence-electron chi connectivity index (χ1n) is 6.54. The van der Waals surface area contributed by atoms with Crippen LogP contribution in [-0.4, -0.2) is 28.0 Å². The third-order valence-electron chi connectivity index (χ3n) is 3.39. The van der Waals surface area contributed by atoms with E-state index >= 15 is 0 Å². The Morgan fingerprint density at radius 1 is 1.53 bits per heavy atom. The van der Waals surface area contributed by atoms with E-state index in [0.717, 1.165) is 23.5 Å². The van der Waals surface area contributed by atoms with Gasteiger partial charge in [0.05, 0.1) is 23.0 Å². The fourth-order valence-corrected chi connectivity index (χ4v) is 3.12. The molecule has 0 radical (unpaired) electrons. The average Bonchev–Trinajstić information content (AvgIpc) is 2.98. The monoisotopic (exact) mass is 282 g/mol. The Kier molecular flexibility index (Phi) is 4.52. The standard InChI is InChI=1S/C13H18N2O3S/c1-2-12-15-10(7-19-12)6-11(16)14-9-4-3-8(5-9)13(17)18/h7-9H,2-6H2,1H3,(H,14,16)(H,17,18)/t8-,9-/m0/s1. The first-order valence-corrected chi connectivity index (χ1v) is 7.42. The number of carbonyl (C=O) groups is 2. The molecule has 2 rings (SSSR count). The molecule has 1 amide bonds. The van der Waals surface area contributed by atoms with Crippen LogP contribution in [0.2, 0.25) is 0 Å². The van der Waals surface area contributed by atoms with E-state index in [-0.39, 0.29) is 24.3 Å². The molecule has 1 aliphatic rings. The van der Waals surface area contributed by atoms with Crippen LogP contribution in [0.25, 0.3) is 0 Å². The van der Waals surface area contributed by atoms with Crippen LogP contribution < -0.4 is 5.32 Å². The summed E-state index contributed by atoms with van der Waals surface area (Å²) in [5.74, 6) is -1.14. The molecule has 104 valence electrons. The van der Waals surface area contributed by atoms with Gasteiger partial charge < -0.3 is 10.4 Å². The van der Waals surface area contributed by atoms with E-state index in [1.54, 1.807) is 11.3 Å². The molecular formula is C13H18N2O3S. The van der Waals surface area contributed by atoms with Gasteiger partial charge in [0.15, 0.2) is 0 Å². The lowest BCUT2D eigenvalue weighted by atomic mass is 10.1. The summed E-state index contributed by atoms with van der Waals surface area (Å²) in [4.78, 5) is 27.0. The van der Waals surface area contributed by atoms with Crippen molar-refractivity contribution < 1.29 is 14.7 Å². The van der Waals surface area contributed by atoms with E-state index in [4.69, 9.17) is 5.11 Å². The van der Waals surface area contributed by atoms with Crippen LogP contribution in [0.1, 0.15) is 36.9 Å². The van der Waals surface area contributed by atoms with Crippen LogP contribution in [0.5, 0.6) is 0 Å². The Morgan fingerprint density at radius 3 is 2.89 bits per heavy atom. The van der Waals surface area contributed by atoms with Crippen LogP contribution in [-0.2, 0) is 22.4 Å². The summed E-state index contributed by atoms with van der Waals surface area (Å²) < 4.78 is 0. The summed E-state index contributed by atoms with van der Waals surface area (Å²) >= 11 is 1.57. The van der Waals surface area contributed by atoms with Crippen molar-refractivity contribution in [2.75, 3.05) is 0 Å². The second kappa shape index (κ2) is 6.14. The minimum Gasteiger partial charge on any atom is -0.481 e. The predicted molar refractivity (Wildman–Crippen MR) is 72.1 cm³/mol. The van der Waals surface area contributed by atoms with Crippen molar-refractivity contribution in [1.29, 1.82) is 0 Å². The van der Waals surface area contributed by atoms with Gasteiger partial charge in [0.25, 0.3) is 0 Å². The molecule has 5 nitrogen and oxygen atoms in total. The summed E-state index contributed by atoms with van der Waals surface area (Å²) in [6, 6.07) is -0.00196. The van der Waals surface area contributed by atoms with Crippen molar-refractivity contribution in [1.82, 2.24) is 10.3 Å². The Labute approximate surface area is 116 Å². The number of carboxylic acid groups (broad SMARTS) is 1. The number of aromatic nitrogens is 1. The summed E-state index contributed by atoms with van der Waals surface area (Å²) in [5.41, 5.74) is 0.798. The van der Waals surface area contributed by atoms with Crippen LogP contribution in [0.3, 0.4) is 0 Å². The number of aliphatic carboxylic acids is 1. The molecule has 2 atom stereocenters. The lowest BCUT2D eigenvalue weighted by Gasteiger charge is -2.11. The predicted octanol–water partition coefficient (Wildman–Crippen LogP) is 1.62. The van der Waals surface area contributed by atoms with Crippen molar-refractivity contribution >= 4 is 23.2 Å². The molecule has 0 bridgehead atoms. The van der Waals surface area contributed by atoms with Crippen molar-refractivity contribution in [2.45, 2.75) is 45.1 Å². The van der Waals surface area contributed by atoms with Gasteiger partial charge in [-0.05, 0) is 25.7 Å². The minimum absolute atomic E-state index is 0.00196. The Hall–Kier alpha value is -1.43. The molecule has 19 heavy (non-hydrogen) atoms. The number of hydrogen-bond acceptors (Lipinski definition) is 4. The second-order valence-electron chi connectivity index (χ2n) is 4.88. The molecule has 6 heteroatoms. The van der Waals surface area contributed by atoms with Gasteiger partial charge >= 0.3 is 5.97 Å². The fraction of sp³-hybridized carbons (Fsp3) is 0.615. The van der Waals surface area contributed by atoms with Gasteiger partial charge in [0.1, 0.15) is 0 Å². The lowest BCUT2D eigenvalue weighted by Crippen LogP contribution is -2.34. The smallest absolute Gasteiger partial charge is 0.306 e. The topological polar surface area (TPSA) is 79.3 Å². The highest BCUT2D eigenvalue weighted by Crippen LogP contribution is 2.25. The van der Waals surface area contributed by atoms with E-state index < -0.39 is 5.97 Å².